The summed E-state index contributed by atoms with van der Waals surface area (Å²) in [5, 5.41) is 0. The van der Waals surface area contributed by atoms with E-state index in [1.165, 1.54) is 193 Å². The van der Waals surface area contributed by atoms with Crippen molar-refractivity contribution in [3.63, 3.8) is 0 Å². The Morgan fingerprint density at radius 1 is 0.299 bits per heavy atom. The maximum Gasteiger partial charge on any atom is 0.306 e. The molecule has 0 amide bonds. The van der Waals surface area contributed by atoms with E-state index in [4.69, 9.17) is 14.2 Å². The largest absolute Gasteiger partial charge is 0.462 e. The van der Waals surface area contributed by atoms with E-state index < -0.39 is 6.10 Å². The van der Waals surface area contributed by atoms with Crippen LogP contribution in [0.5, 0.6) is 0 Å². The molecular formula is C61H112O6. The second-order valence-corrected chi connectivity index (χ2v) is 19.9. The molecule has 1 atom stereocenters. The molecule has 0 N–H and O–H groups in total. The number of unbranched alkanes of at least 4 members (excludes halogenated alkanes) is 37. The summed E-state index contributed by atoms with van der Waals surface area (Å²) in [7, 11) is 0. The standard InChI is InChI=1S/C61H112O6/c1-4-7-10-13-16-19-22-25-28-29-30-31-34-37-40-43-46-49-52-55-61(64)67-58(56-65-59(62)53-50-47-44-41-38-35-32-26-23-20-17-14-11-8-5-2)57-66-60(63)54-51-48-45-42-39-36-33-27-24-21-18-15-12-9-6-3/h17,20,26-27,32-33,58H,4-16,18-19,21-25,28-31,34-57H2,1-3H3/b20-17-,32-26-,33-27-. The molecule has 0 saturated carbocycles. The highest BCUT2D eigenvalue weighted by atomic mass is 16.6. The Balaban J connectivity index is 4.35. The number of ether oxygens (including phenoxy) is 3. The quantitative estimate of drug-likeness (QED) is 0.0262. The SMILES string of the molecule is CCCCC/C=C\C/C=C\CCCCCCCC(=O)OCC(COC(=O)CCCCCCC/C=C\CCCCCCCC)OC(=O)CCCCCCCCCCCCCCCCCCCCC. The van der Waals surface area contributed by atoms with Gasteiger partial charge in [0.25, 0.3) is 0 Å². The monoisotopic (exact) mass is 941 g/mol. The van der Waals surface area contributed by atoms with Crippen LogP contribution in [0, 0.1) is 0 Å². The van der Waals surface area contributed by atoms with E-state index in [1.54, 1.807) is 0 Å². The highest BCUT2D eigenvalue weighted by Gasteiger charge is 2.19. The zero-order valence-corrected chi connectivity index (χ0v) is 44.9. The van der Waals surface area contributed by atoms with Crippen molar-refractivity contribution in [2.75, 3.05) is 13.2 Å². The molecule has 6 nitrogen and oxygen atoms in total. The van der Waals surface area contributed by atoms with E-state index in [0.717, 1.165) is 83.5 Å². The van der Waals surface area contributed by atoms with Crippen LogP contribution in [0.15, 0.2) is 36.5 Å². The Morgan fingerprint density at radius 3 is 0.866 bits per heavy atom. The fraction of sp³-hybridized carbons (Fsp3) is 0.852. The van der Waals surface area contributed by atoms with Crippen LogP contribution in [0.4, 0.5) is 0 Å². The summed E-state index contributed by atoms with van der Waals surface area (Å²) in [4.78, 5) is 38.2. The minimum Gasteiger partial charge on any atom is -0.462 e. The van der Waals surface area contributed by atoms with Gasteiger partial charge in [-0.05, 0) is 77.0 Å². The van der Waals surface area contributed by atoms with Crippen LogP contribution < -0.4 is 0 Å². The number of allylic oxidation sites excluding steroid dienone is 6. The van der Waals surface area contributed by atoms with Gasteiger partial charge in [-0.2, -0.15) is 0 Å². The lowest BCUT2D eigenvalue weighted by Gasteiger charge is -2.18. The molecule has 0 rings (SSSR count). The third-order valence-corrected chi connectivity index (χ3v) is 13.1. The van der Waals surface area contributed by atoms with Crippen LogP contribution in [-0.4, -0.2) is 37.2 Å². The first-order valence-electron chi connectivity index (χ1n) is 29.5. The third-order valence-electron chi connectivity index (χ3n) is 13.1. The number of rotatable bonds is 54. The van der Waals surface area contributed by atoms with Gasteiger partial charge in [0, 0.05) is 19.3 Å². The summed E-state index contributed by atoms with van der Waals surface area (Å²) in [5.41, 5.74) is 0. The second-order valence-electron chi connectivity index (χ2n) is 19.9. The Bertz CT molecular complexity index is 1130. The minimum atomic E-state index is -0.778. The number of carbonyl (C=O) groups excluding carboxylic acids is 3. The van der Waals surface area contributed by atoms with Gasteiger partial charge in [-0.3, -0.25) is 14.4 Å². The fourth-order valence-electron chi connectivity index (χ4n) is 8.65. The van der Waals surface area contributed by atoms with E-state index in [-0.39, 0.29) is 31.1 Å². The van der Waals surface area contributed by atoms with Gasteiger partial charge in [0.05, 0.1) is 0 Å². The Kier molecular flexibility index (Phi) is 54.2. The van der Waals surface area contributed by atoms with E-state index in [0.29, 0.717) is 19.3 Å². The van der Waals surface area contributed by atoms with Gasteiger partial charge in [-0.25, -0.2) is 0 Å². The smallest absolute Gasteiger partial charge is 0.306 e. The average Bonchev–Trinajstić information content (AvgIpc) is 3.33. The average molecular weight is 942 g/mol. The fourth-order valence-corrected chi connectivity index (χ4v) is 8.65. The molecule has 0 aromatic carbocycles. The molecule has 0 spiro atoms. The van der Waals surface area contributed by atoms with Gasteiger partial charge in [0.15, 0.2) is 6.10 Å². The van der Waals surface area contributed by atoms with Crippen molar-refractivity contribution in [1.82, 2.24) is 0 Å². The van der Waals surface area contributed by atoms with Crippen LogP contribution in [0.2, 0.25) is 0 Å². The zero-order valence-electron chi connectivity index (χ0n) is 44.9. The van der Waals surface area contributed by atoms with E-state index in [9.17, 15) is 14.4 Å². The molecule has 0 fully saturated rings. The first kappa shape index (κ1) is 64.6. The molecule has 6 heteroatoms. The molecule has 0 bridgehead atoms. The Labute approximate surface area is 416 Å². The van der Waals surface area contributed by atoms with E-state index >= 15 is 0 Å². The van der Waals surface area contributed by atoms with E-state index in [2.05, 4.69) is 57.2 Å². The first-order valence-corrected chi connectivity index (χ1v) is 29.5. The number of esters is 3. The van der Waals surface area contributed by atoms with Crippen LogP contribution >= 0.6 is 0 Å². The summed E-state index contributed by atoms with van der Waals surface area (Å²) < 4.78 is 16.9. The molecule has 392 valence electrons. The lowest BCUT2D eigenvalue weighted by molar-refractivity contribution is -0.167. The lowest BCUT2D eigenvalue weighted by Crippen LogP contribution is -2.30. The van der Waals surface area contributed by atoms with Gasteiger partial charge < -0.3 is 14.2 Å². The molecular weight excluding hydrogens is 829 g/mol. The molecule has 0 aromatic heterocycles. The van der Waals surface area contributed by atoms with Crippen LogP contribution in [0.3, 0.4) is 0 Å². The predicted octanol–water partition coefficient (Wildman–Crippen LogP) is 19.7. The lowest BCUT2D eigenvalue weighted by atomic mass is 10.0. The molecule has 0 heterocycles. The number of hydrogen-bond donors (Lipinski definition) is 0. The molecule has 1 unspecified atom stereocenters. The van der Waals surface area contributed by atoms with Gasteiger partial charge >= 0.3 is 17.9 Å². The summed E-state index contributed by atoms with van der Waals surface area (Å²) in [6.07, 6.45) is 67.0. The normalized spacial score (nSPS) is 12.2. The van der Waals surface area contributed by atoms with Gasteiger partial charge in [0.1, 0.15) is 13.2 Å². The highest BCUT2D eigenvalue weighted by Crippen LogP contribution is 2.17. The van der Waals surface area contributed by atoms with Crippen molar-refractivity contribution in [1.29, 1.82) is 0 Å². The molecule has 0 aromatic rings. The summed E-state index contributed by atoms with van der Waals surface area (Å²) >= 11 is 0. The summed E-state index contributed by atoms with van der Waals surface area (Å²) in [5.74, 6) is -0.880. The zero-order chi connectivity index (χ0) is 48.6. The molecule has 0 aliphatic rings. The second kappa shape index (κ2) is 56.2. The maximum atomic E-state index is 12.9. The van der Waals surface area contributed by atoms with Crippen molar-refractivity contribution in [2.24, 2.45) is 0 Å². The molecule has 0 saturated heterocycles. The Morgan fingerprint density at radius 2 is 0.537 bits per heavy atom. The summed E-state index contributed by atoms with van der Waals surface area (Å²) in [6, 6.07) is 0. The van der Waals surface area contributed by atoms with Gasteiger partial charge in [-0.1, -0.05) is 256 Å². The summed E-state index contributed by atoms with van der Waals surface area (Å²) in [6.45, 7) is 6.63. The number of hydrogen-bond acceptors (Lipinski definition) is 6. The van der Waals surface area contributed by atoms with E-state index in [1.807, 2.05) is 0 Å². The van der Waals surface area contributed by atoms with Crippen molar-refractivity contribution in [3.8, 4) is 0 Å². The van der Waals surface area contributed by atoms with Crippen molar-refractivity contribution in [2.45, 2.75) is 322 Å². The van der Waals surface area contributed by atoms with Crippen LogP contribution in [0.25, 0.3) is 0 Å². The van der Waals surface area contributed by atoms with Gasteiger partial charge in [-0.15, -0.1) is 0 Å². The molecule has 0 aliphatic carbocycles. The maximum absolute atomic E-state index is 12.9. The first-order chi connectivity index (χ1) is 33.0. The van der Waals surface area contributed by atoms with Crippen LogP contribution in [-0.2, 0) is 28.6 Å². The van der Waals surface area contributed by atoms with Crippen molar-refractivity contribution < 1.29 is 28.6 Å². The number of carbonyl (C=O) groups is 3. The van der Waals surface area contributed by atoms with Crippen LogP contribution in [0.1, 0.15) is 316 Å². The molecule has 0 aliphatic heterocycles. The van der Waals surface area contributed by atoms with Gasteiger partial charge in [0.2, 0.25) is 0 Å². The minimum absolute atomic E-state index is 0.0776. The highest BCUT2D eigenvalue weighted by molar-refractivity contribution is 5.71. The topological polar surface area (TPSA) is 78.9 Å². The Hall–Kier alpha value is -2.37. The molecule has 0 radical (unpaired) electrons. The predicted molar refractivity (Wildman–Crippen MR) is 289 cm³/mol. The van der Waals surface area contributed by atoms with Crippen molar-refractivity contribution in [3.05, 3.63) is 36.5 Å². The molecule has 67 heavy (non-hydrogen) atoms. The van der Waals surface area contributed by atoms with Crippen molar-refractivity contribution >= 4 is 17.9 Å². The third kappa shape index (κ3) is 54.4.